The van der Waals surface area contributed by atoms with Crippen LogP contribution in [0.4, 0.5) is 9.80 Å². The summed E-state index contributed by atoms with van der Waals surface area (Å²) >= 11 is 1.37. The lowest BCUT2D eigenvalue weighted by Crippen LogP contribution is -2.51. The number of carbonyl (C=O) groups is 3. The molecule has 3 heterocycles. The Labute approximate surface area is 196 Å². The number of hydrogen-bond donors (Lipinski definition) is 2. The Morgan fingerprint density at radius 3 is 2.55 bits per heavy atom. The van der Waals surface area contributed by atoms with Gasteiger partial charge in [0.05, 0.1) is 23.1 Å². The number of carbonyl (C=O) groups excluding carboxylic acids is 3. The van der Waals surface area contributed by atoms with E-state index in [1.807, 2.05) is 36.4 Å². The quantitative estimate of drug-likeness (QED) is 0.672. The summed E-state index contributed by atoms with van der Waals surface area (Å²) in [5.41, 5.74) is 3.66. The molecule has 0 atom stereocenters. The molecule has 2 saturated heterocycles. The smallest absolute Gasteiger partial charge is 0.344 e. The van der Waals surface area contributed by atoms with Crippen molar-refractivity contribution >= 4 is 34.2 Å². The molecule has 174 valence electrons. The van der Waals surface area contributed by atoms with Crippen molar-refractivity contribution in [1.29, 1.82) is 0 Å². The molecule has 0 radical (unpaired) electrons. The Hall–Kier alpha value is -2.91. The van der Waals surface area contributed by atoms with E-state index in [1.54, 1.807) is 0 Å². The average molecular weight is 469 g/mol. The zero-order chi connectivity index (χ0) is 23.0. The van der Waals surface area contributed by atoms with Crippen LogP contribution in [0.1, 0.15) is 42.3 Å². The summed E-state index contributed by atoms with van der Waals surface area (Å²) in [5.74, 6) is -0.285. The lowest BCUT2D eigenvalue weighted by molar-refractivity contribution is -0.134. The van der Waals surface area contributed by atoms with Gasteiger partial charge in [-0.05, 0) is 43.2 Å². The van der Waals surface area contributed by atoms with E-state index in [0.717, 1.165) is 47.1 Å². The predicted octanol–water partition coefficient (Wildman–Crippen LogP) is 3.40. The first-order valence-corrected chi connectivity index (χ1v) is 12.3. The van der Waals surface area contributed by atoms with E-state index in [1.165, 1.54) is 11.3 Å². The Balaban J connectivity index is 1.39. The lowest BCUT2D eigenvalue weighted by Gasteiger charge is -2.33. The largest absolute Gasteiger partial charge is 0.378 e. The Kier molecular flexibility index (Phi) is 5.84. The molecule has 1 aliphatic carbocycles. The maximum absolute atomic E-state index is 13.2. The molecular formula is C24H28N4O4S. The van der Waals surface area contributed by atoms with Crippen molar-refractivity contribution in [2.45, 2.75) is 38.1 Å². The molecule has 5 rings (SSSR count). The van der Waals surface area contributed by atoms with E-state index in [0.29, 0.717) is 36.9 Å². The number of amides is 4. The van der Waals surface area contributed by atoms with E-state index in [2.05, 4.69) is 22.6 Å². The molecular weight excluding hydrogens is 440 g/mol. The molecule has 33 heavy (non-hydrogen) atoms. The van der Waals surface area contributed by atoms with Crippen molar-refractivity contribution < 1.29 is 19.1 Å². The van der Waals surface area contributed by atoms with Gasteiger partial charge in [-0.3, -0.25) is 15.0 Å². The second kappa shape index (κ2) is 8.79. The molecule has 1 saturated carbocycles. The predicted molar refractivity (Wildman–Crippen MR) is 126 cm³/mol. The molecule has 2 aliphatic heterocycles. The third-order valence-corrected chi connectivity index (χ3v) is 8.02. The molecule has 1 aromatic carbocycles. The van der Waals surface area contributed by atoms with E-state index in [-0.39, 0.29) is 5.91 Å². The van der Waals surface area contributed by atoms with Gasteiger partial charge in [0.1, 0.15) is 5.54 Å². The summed E-state index contributed by atoms with van der Waals surface area (Å²) in [4.78, 5) is 41.6. The Morgan fingerprint density at radius 2 is 1.85 bits per heavy atom. The molecule has 0 bridgehead atoms. The van der Waals surface area contributed by atoms with Gasteiger partial charge in [0.2, 0.25) is 0 Å². The number of morpholine rings is 1. The number of ether oxygens (including phenoxy) is 1. The number of hydrazine groups is 1. The van der Waals surface area contributed by atoms with Crippen molar-refractivity contribution in [3.63, 3.8) is 0 Å². The molecule has 2 N–H and O–H groups in total. The second-order valence-corrected chi connectivity index (χ2v) is 10.1. The molecule has 3 fully saturated rings. The second-order valence-electron chi connectivity index (χ2n) is 9.07. The lowest BCUT2D eigenvalue weighted by atomic mass is 9.77. The van der Waals surface area contributed by atoms with Crippen molar-refractivity contribution in [3.8, 4) is 11.1 Å². The molecule has 3 aliphatic rings. The Bertz CT molecular complexity index is 1060. The average Bonchev–Trinajstić information content (AvgIpc) is 3.38. The number of imide groups is 1. The van der Waals surface area contributed by atoms with E-state index < -0.39 is 17.5 Å². The minimum Gasteiger partial charge on any atom is -0.378 e. The third-order valence-electron chi connectivity index (χ3n) is 6.82. The van der Waals surface area contributed by atoms with E-state index >= 15 is 0 Å². The zero-order valence-electron chi connectivity index (χ0n) is 18.6. The highest BCUT2D eigenvalue weighted by atomic mass is 32.1. The number of benzene rings is 1. The first-order chi connectivity index (χ1) is 16.0. The highest BCUT2D eigenvalue weighted by Gasteiger charge is 2.53. The fraction of sp³-hybridized carbons (Fsp3) is 0.458. The van der Waals surface area contributed by atoms with Crippen LogP contribution < -0.4 is 15.6 Å². The number of nitrogens with zero attached hydrogens (tertiary/aromatic N) is 2. The van der Waals surface area contributed by atoms with Crippen LogP contribution in [-0.2, 0) is 9.53 Å². The summed E-state index contributed by atoms with van der Waals surface area (Å²) in [6.45, 7) is 4.92. The van der Waals surface area contributed by atoms with E-state index in [9.17, 15) is 14.4 Å². The molecule has 1 aromatic heterocycles. The molecule has 2 aromatic rings. The number of nitrogens with one attached hydrogen (secondary N) is 2. The normalized spacial score (nSPS) is 25.4. The van der Waals surface area contributed by atoms with Crippen LogP contribution in [0.2, 0.25) is 0 Å². The number of rotatable bonds is 4. The number of thiophene rings is 1. The maximum Gasteiger partial charge on any atom is 0.344 e. The SMILES string of the molecule is CC1CCC2(CC1)NC(=O)N(NC(=O)c1cc(-c3ccccc3)c(N3CCOCC3)s1)C2=O. The van der Waals surface area contributed by atoms with Crippen LogP contribution >= 0.6 is 11.3 Å². The van der Waals surface area contributed by atoms with Gasteiger partial charge in [-0.15, -0.1) is 11.3 Å². The molecule has 0 unspecified atom stereocenters. The number of anilines is 1. The fourth-order valence-corrected chi connectivity index (χ4v) is 5.91. The standard InChI is InChI=1S/C24H28N4O4S/c1-16-7-9-24(10-8-16)22(30)28(23(31)25-24)26-20(29)19-15-18(17-5-3-2-4-6-17)21(33-19)27-11-13-32-14-12-27/h2-6,15-16H,7-14H2,1H3,(H,25,31)(H,26,29). The molecule has 9 heteroatoms. The van der Waals surface area contributed by atoms with Gasteiger partial charge < -0.3 is 15.0 Å². The van der Waals surface area contributed by atoms with Gasteiger partial charge in [-0.25, -0.2) is 4.79 Å². The monoisotopic (exact) mass is 468 g/mol. The third kappa shape index (κ3) is 4.11. The van der Waals surface area contributed by atoms with Gasteiger partial charge in [-0.1, -0.05) is 37.3 Å². The van der Waals surface area contributed by atoms with Gasteiger partial charge in [0.25, 0.3) is 11.8 Å². The van der Waals surface area contributed by atoms with Gasteiger partial charge in [0.15, 0.2) is 0 Å². The van der Waals surface area contributed by atoms with Crippen LogP contribution in [-0.4, -0.2) is 54.7 Å². The van der Waals surface area contributed by atoms with Crippen molar-refractivity contribution in [2.75, 3.05) is 31.2 Å². The first kappa shape index (κ1) is 21.9. The Morgan fingerprint density at radius 1 is 1.15 bits per heavy atom. The molecule has 1 spiro atoms. The maximum atomic E-state index is 13.2. The zero-order valence-corrected chi connectivity index (χ0v) is 19.5. The molecule has 8 nitrogen and oxygen atoms in total. The van der Waals surface area contributed by atoms with Crippen molar-refractivity contribution in [1.82, 2.24) is 15.8 Å². The number of urea groups is 1. The van der Waals surface area contributed by atoms with Crippen LogP contribution in [0.5, 0.6) is 0 Å². The molecule has 4 amide bonds. The van der Waals surface area contributed by atoms with Gasteiger partial charge in [0, 0.05) is 18.7 Å². The van der Waals surface area contributed by atoms with Crippen LogP contribution in [0.25, 0.3) is 11.1 Å². The van der Waals surface area contributed by atoms with Gasteiger partial charge in [-0.2, -0.15) is 5.01 Å². The van der Waals surface area contributed by atoms with E-state index in [4.69, 9.17) is 4.74 Å². The first-order valence-electron chi connectivity index (χ1n) is 11.5. The summed E-state index contributed by atoms with van der Waals surface area (Å²) in [7, 11) is 0. The summed E-state index contributed by atoms with van der Waals surface area (Å²) < 4.78 is 5.49. The van der Waals surface area contributed by atoms with Crippen LogP contribution in [0, 0.1) is 5.92 Å². The summed E-state index contributed by atoms with van der Waals surface area (Å²) in [5, 5.41) is 4.70. The number of hydrogen-bond acceptors (Lipinski definition) is 6. The fourth-order valence-electron chi connectivity index (χ4n) is 4.79. The van der Waals surface area contributed by atoms with Gasteiger partial charge >= 0.3 is 6.03 Å². The summed E-state index contributed by atoms with van der Waals surface area (Å²) in [6, 6.07) is 11.2. The van der Waals surface area contributed by atoms with Crippen molar-refractivity contribution in [2.24, 2.45) is 5.92 Å². The van der Waals surface area contributed by atoms with Crippen LogP contribution in [0.3, 0.4) is 0 Å². The highest BCUT2D eigenvalue weighted by molar-refractivity contribution is 7.18. The topological polar surface area (TPSA) is 91.0 Å². The minimum absolute atomic E-state index is 0.360. The van der Waals surface area contributed by atoms with Crippen LogP contribution in [0.15, 0.2) is 36.4 Å². The summed E-state index contributed by atoms with van der Waals surface area (Å²) in [6.07, 6.45) is 2.96. The van der Waals surface area contributed by atoms with Crippen molar-refractivity contribution in [3.05, 3.63) is 41.3 Å². The highest BCUT2D eigenvalue weighted by Crippen LogP contribution is 2.40. The minimum atomic E-state index is -0.888.